The number of hydrogen-bond acceptors (Lipinski definition) is 3. The molecule has 3 heteroatoms. The molecule has 0 unspecified atom stereocenters. The van der Waals surface area contributed by atoms with Crippen molar-refractivity contribution in [3.05, 3.63) is 10.6 Å². The van der Waals surface area contributed by atoms with Gasteiger partial charge in [-0.25, -0.2) is 0 Å². The van der Waals surface area contributed by atoms with Crippen LogP contribution in [0.5, 0.6) is 0 Å². The molecule has 0 radical (unpaired) electrons. The second-order valence-electron chi connectivity index (χ2n) is 2.64. The van der Waals surface area contributed by atoms with Crippen LogP contribution >= 0.6 is 11.8 Å². The molecule has 1 aliphatic carbocycles. The van der Waals surface area contributed by atoms with Crippen molar-refractivity contribution >= 4 is 24.3 Å². The molecule has 0 aromatic rings. The number of thioether (sulfide) groups is 1. The molecule has 2 nitrogen and oxygen atoms in total. The van der Waals surface area contributed by atoms with E-state index in [0.717, 1.165) is 29.2 Å². The molecule has 0 aromatic carbocycles. The lowest BCUT2D eigenvalue weighted by Gasteiger charge is -2.14. The maximum Gasteiger partial charge on any atom is 0.171 e. The summed E-state index contributed by atoms with van der Waals surface area (Å²) < 4.78 is 0. The monoisotopic (exact) mass is 183 g/mol. The molecular formula is C9H13NOS. The van der Waals surface area contributed by atoms with Crippen LogP contribution in [0.25, 0.3) is 0 Å². The Kier molecular flexibility index (Phi) is 3.53. The van der Waals surface area contributed by atoms with Crippen LogP contribution in [-0.2, 0) is 4.79 Å². The van der Waals surface area contributed by atoms with Crippen LogP contribution in [-0.4, -0.2) is 18.3 Å². The maximum absolute atomic E-state index is 11.4. The first-order chi connectivity index (χ1) is 5.79. The second-order valence-corrected chi connectivity index (χ2v) is 3.92. The molecule has 0 spiro atoms. The van der Waals surface area contributed by atoms with E-state index in [1.807, 2.05) is 6.92 Å². The number of allylic oxidation sites excluding steroid dienone is 2. The number of carbonyl (C=O) groups is 1. The van der Waals surface area contributed by atoms with E-state index in [1.165, 1.54) is 0 Å². The molecule has 0 aliphatic heterocycles. The van der Waals surface area contributed by atoms with Crippen LogP contribution in [0.4, 0.5) is 0 Å². The normalized spacial score (nSPS) is 18.2. The predicted octanol–water partition coefficient (Wildman–Crippen LogP) is 2.40. The SMILES string of the molecule is C=NC1=C(SCC)C(=O)CCC1. The van der Waals surface area contributed by atoms with Crippen molar-refractivity contribution in [1.29, 1.82) is 0 Å². The van der Waals surface area contributed by atoms with Crippen molar-refractivity contribution in [2.24, 2.45) is 4.99 Å². The van der Waals surface area contributed by atoms with E-state index in [1.54, 1.807) is 11.8 Å². The molecule has 0 fully saturated rings. The predicted molar refractivity (Wildman–Crippen MR) is 53.6 cm³/mol. The van der Waals surface area contributed by atoms with Crippen molar-refractivity contribution in [3.8, 4) is 0 Å². The van der Waals surface area contributed by atoms with Crippen LogP contribution in [0.2, 0.25) is 0 Å². The summed E-state index contributed by atoms with van der Waals surface area (Å²) in [7, 11) is 0. The zero-order valence-electron chi connectivity index (χ0n) is 7.30. The zero-order valence-corrected chi connectivity index (χ0v) is 8.12. The van der Waals surface area contributed by atoms with Gasteiger partial charge in [0, 0.05) is 6.42 Å². The minimum absolute atomic E-state index is 0.246. The quantitative estimate of drug-likeness (QED) is 0.629. The van der Waals surface area contributed by atoms with Gasteiger partial charge in [-0.3, -0.25) is 9.79 Å². The second kappa shape index (κ2) is 4.45. The number of hydrogen-bond donors (Lipinski definition) is 0. The highest BCUT2D eigenvalue weighted by Crippen LogP contribution is 2.30. The molecular weight excluding hydrogens is 170 g/mol. The summed E-state index contributed by atoms with van der Waals surface area (Å²) in [6.45, 7) is 5.52. The van der Waals surface area contributed by atoms with Crippen molar-refractivity contribution in [2.75, 3.05) is 5.75 Å². The maximum atomic E-state index is 11.4. The van der Waals surface area contributed by atoms with Crippen LogP contribution < -0.4 is 0 Å². The standard InChI is InChI=1S/C9H13NOS/c1-3-12-9-7(10-2)5-4-6-8(9)11/h2-6H2,1H3. The Bertz CT molecular complexity index is 233. The summed E-state index contributed by atoms with van der Waals surface area (Å²) in [6, 6.07) is 0. The highest BCUT2D eigenvalue weighted by molar-refractivity contribution is 8.04. The fraction of sp³-hybridized carbons (Fsp3) is 0.556. The van der Waals surface area contributed by atoms with Crippen molar-refractivity contribution in [2.45, 2.75) is 26.2 Å². The molecule has 1 rings (SSSR count). The molecule has 12 heavy (non-hydrogen) atoms. The van der Waals surface area contributed by atoms with Gasteiger partial charge in [0.15, 0.2) is 5.78 Å². The number of ketones is 1. The van der Waals surface area contributed by atoms with Crippen LogP contribution in [0.1, 0.15) is 26.2 Å². The number of Topliss-reactive ketones (excluding diaryl/α,β-unsaturated/α-hetero) is 1. The summed E-state index contributed by atoms with van der Waals surface area (Å²) in [6.07, 6.45) is 2.53. The minimum Gasteiger partial charge on any atom is -0.294 e. The summed E-state index contributed by atoms with van der Waals surface area (Å²) in [5.41, 5.74) is 0.901. The van der Waals surface area contributed by atoms with E-state index in [2.05, 4.69) is 11.7 Å². The first-order valence-corrected chi connectivity index (χ1v) is 5.14. The number of carbonyl (C=O) groups excluding carboxylic acids is 1. The number of nitrogens with zero attached hydrogens (tertiary/aromatic N) is 1. The third-order valence-electron chi connectivity index (χ3n) is 1.81. The van der Waals surface area contributed by atoms with E-state index in [-0.39, 0.29) is 5.78 Å². The smallest absolute Gasteiger partial charge is 0.171 e. The van der Waals surface area contributed by atoms with E-state index in [9.17, 15) is 4.79 Å². The van der Waals surface area contributed by atoms with Gasteiger partial charge in [-0.15, -0.1) is 11.8 Å². The van der Waals surface area contributed by atoms with Gasteiger partial charge in [-0.05, 0) is 25.3 Å². The zero-order chi connectivity index (χ0) is 8.97. The lowest BCUT2D eigenvalue weighted by atomic mass is 10.0. The summed E-state index contributed by atoms with van der Waals surface area (Å²) in [4.78, 5) is 16.1. The fourth-order valence-electron chi connectivity index (χ4n) is 1.26. The van der Waals surface area contributed by atoms with Gasteiger partial charge in [0.1, 0.15) is 0 Å². The lowest BCUT2D eigenvalue weighted by molar-refractivity contribution is -0.115. The van der Waals surface area contributed by atoms with E-state index < -0.39 is 0 Å². The molecule has 0 N–H and O–H groups in total. The van der Waals surface area contributed by atoms with Crippen LogP contribution in [0.15, 0.2) is 15.6 Å². The molecule has 0 saturated heterocycles. The van der Waals surface area contributed by atoms with Crippen molar-refractivity contribution in [3.63, 3.8) is 0 Å². The van der Waals surface area contributed by atoms with Crippen molar-refractivity contribution < 1.29 is 4.79 Å². The molecule has 0 atom stereocenters. The molecule has 0 saturated carbocycles. The van der Waals surface area contributed by atoms with E-state index >= 15 is 0 Å². The third kappa shape index (κ3) is 1.97. The Labute approximate surface area is 77.1 Å². The Morgan fingerprint density at radius 3 is 2.92 bits per heavy atom. The van der Waals surface area contributed by atoms with Gasteiger partial charge < -0.3 is 0 Å². The summed E-state index contributed by atoms with van der Waals surface area (Å²) in [5, 5.41) is 0. The summed E-state index contributed by atoms with van der Waals surface area (Å²) >= 11 is 1.59. The van der Waals surface area contributed by atoms with Crippen LogP contribution in [0.3, 0.4) is 0 Å². The average molecular weight is 183 g/mol. The van der Waals surface area contributed by atoms with Gasteiger partial charge in [0.05, 0.1) is 10.6 Å². The van der Waals surface area contributed by atoms with Gasteiger partial charge in [0.2, 0.25) is 0 Å². The van der Waals surface area contributed by atoms with E-state index in [4.69, 9.17) is 0 Å². The van der Waals surface area contributed by atoms with E-state index in [0.29, 0.717) is 6.42 Å². The highest BCUT2D eigenvalue weighted by atomic mass is 32.2. The summed E-state index contributed by atoms with van der Waals surface area (Å²) in [5.74, 6) is 1.18. The Morgan fingerprint density at radius 2 is 2.33 bits per heavy atom. The molecule has 66 valence electrons. The first-order valence-electron chi connectivity index (χ1n) is 4.15. The largest absolute Gasteiger partial charge is 0.294 e. The van der Waals surface area contributed by atoms with Crippen LogP contribution in [0, 0.1) is 0 Å². The van der Waals surface area contributed by atoms with Gasteiger partial charge >= 0.3 is 0 Å². The molecule has 1 aliphatic rings. The van der Waals surface area contributed by atoms with Gasteiger partial charge in [0.25, 0.3) is 0 Å². The van der Waals surface area contributed by atoms with Gasteiger partial charge in [-0.2, -0.15) is 0 Å². The average Bonchev–Trinajstić information content (AvgIpc) is 2.09. The number of aliphatic imine (C=N–C) groups is 1. The molecule has 0 amide bonds. The molecule has 0 bridgehead atoms. The first kappa shape index (κ1) is 9.52. The Balaban J connectivity index is 2.87. The lowest BCUT2D eigenvalue weighted by Crippen LogP contribution is -2.08. The highest BCUT2D eigenvalue weighted by Gasteiger charge is 2.19. The topological polar surface area (TPSA) is 29.4 Å². The molecule has 0 aromatic heterocycles. The fourth-order valence-corrected chi connectivity index (χ4v) is 2.15. The molecule has 0 heterocycles. The Morgan fingerprint density at radius 1 is 1.58 bits per heavy atom. The van der Waals surface area contributed by atoms with Gasteiger partial charge in [-0.1, -0.05) is 6.92 Å². The third-order valence-corrected chi connectivity index (χ3v) is 2.85. The minimum atomic E-state index is 0.246. The number of rotatable bonds is 3. The van der Waals surface area contributed by atoms with Crippen molar-refractivity contribution in [1.82, 2.24) is 0 Å². The Hall–Kier alpha value is -0.570.